The molecule has 0 rings (SSSR count). The summed E-state index contributed by atoms with van der Waals surface area (Å²) in [7, 11) is 1.35. The lowest BCUT2D eigenvalue weighted by molar-refractivity contribution is -0.144. The Bertz CT molecular complexity index is 179. The van der Waals surface area contributed by atoms with Gasteiger partial charge in [0.2, 0.25) is 0 Å². The van der Waals surface area contributed by atoms with Gasteiger partial charge < -0.3 is 4.74 Å². The van der Waals surface area contributed by atoms with Crippen molar-refractivity contribution in [2.75, 3.05) is 7.11 Å². The Morgan fingerprint density at radius 2 is 1.83 bits per heavy atom. The van der Waals surface area contributed by atoms with Gasteiger partial charge in [0.1, 0.15) is 0 Å². The number of thioether (sulfide) groups is 1. The number of rotatable bonds is 3. The third kappa shape index (κ3) is 3.76. The third-order valence-electron chi connectivity index (χ3n) is 1.63. The lowest BCUT2D eigenvalue weighted by Gasteiger charge is -2.14. The topological polar surface area (TPSA) is 43.4 Å². The smallest absolute Gasteiger partial charge is 0.309 e. The maximum Gasteiger partial charge on any atom is 0.309 e. The van der Waals surface area contributed by atoms with Crippen molar-refractivity contribution in [2.45, 2.75) is 26.0 Å². The van der Waals surface area contributed by atoms with Gasteiger partial charge in [-0.25, -0.2) is 0 Å². The summed E-state index contributed by atoms with van der Waals surface area (Å²) in [5, 5.41) is 0.00760. The van der Waals surface area contributed by atoms with Crippen LogP contribution in [0.25, 0.3) is 0 Å². The molecule has 0 aliphatic carbocycles. The van der Waals surface area contributed by atoms with Gasteiger partial charge in [0.05, 0.1) is 13.0 Å². The largest absolute Gasteiger partial charge is 0.469 e. The molecule has 0 aliphatic rings. The average molecular weight is 190 g/mol. The second kappa shape index (κ2) is 5.19. The van der Waals surface area contributed by atoms with E-state index < -0.39 is 0 Å². The first-order chi connectivity index (χ1) is 5.49. The molecule has 0 radical (unpaired) electrons. The lowest BCUT2D eigenvalue weighted by atomic mass is 10.1. The van der Waals surface area contributed by atoms with E-state index in [-0.39, 0.29) is 22.3 Å². The SMILES string of the molecule is COC(=O)[C@@H](C)[C@@H](C)SC(C)=O. The molecule has 0 N–H and O–H groups in total. The van der Waals surface area contributed by atoms with Crippen molar-refractivity contribution in [2.24, 2.45) is 5.92 Å². The van der Waals surface area contributed by atoms with Crippen molar-refractivity contribution >= 4 is 22.8 Å². The minimum absolute atomic E-state index is 0.0186. The fourth-order valence-electron chi connectivity index (χ4n) is 0.741. The molecule has 0 saturated heterocycles. The normalized spacial score (nSPS) is 15.0. The molecule has 0 heterocycles. The summed E-state index contributed by atoms with van der Waals surface area (Å²) < 4.78 is 4.55. The summed E-state index contributed by atoms with van der Waals surface area (Å²) in [5.74, 6) is -0.500. The number of methoxy groups -OCH3 is 1. The zero-order valence-corrected chi connectivity index (χ0v) is 8.60. The Morgan fingerprint density at radius 1 is 1.33 bits per heavy atom. The van der Waals surface area contributed by atoms with Crippen molar-refractivity contribution in [3.8, 4) is 0 Å². The van der Waals surface area contributed by atoms with Gasteiger partial charge in [0, 0.05) is 12.2 Å². The van der Waals surface area contributed by atoms with Crippen LogP contribution in [0.15, 0.2) is 0 Å². The van der Waals surface area contributed by atoms with Crippen LogP contribution in [0.3, 0.4) is 0 Å². The van der Waals surface area contributed by atoms with E-state index in [1.54, 1.807) is 6.92 Å². The molecule has 0 aromatic heterocycles. The van der Waals surface area contributed by atoms with E-state index in [9.17, 15) is 9.59 Å². The van der Waals surface area contributed by atoms with Crippen molar-refractivity contribution in [3.63, 3.8) is 0 Å². The number of hydrogen-bond acceptors (Lipinski definition) is 4. The van der Waals surface area contributed by atoms with Crippen LogP contribution in [0.2, 0.25) is 0 Å². The van der Waals surface area contributed by atoms with Crippen LogP contribution in [-0.2, 0) is 14.3 Å². The molecule has 0 amide bonds. The van der Waals surface area contributed by atoms with E-state index in [1.165, 1.54) is 25.8 Å². The van der Waals surface area contributed by atoms with E-state index in [1.807, 2.05) is 6.92 Å². The molecule has 70 valence electrons. The molecule has 0 fully saturated rings. The van der Waals surface area contributed by atoms with Gasteiger partial charge in [-0.05, 0) is 0 Å². The highest BCUT2D eigenvalue weighted by molar-refractivity contribution is 8.14. The molecular weight excluding hydrogens is 176 g/mol. The number of hydrogen-bond donors (Lipinski definition) is 0. The molecule has 0 unspecified atom stereocenters. The zero-order valence-electron chi connectivity index (χ0n) is 7.79. The predicted octanol–water partition coefficient (Wildman–Crippen LogP) is 1.46. The highest BCUT2D eigenvalue weighted by atomic mass is 32.2. The number of ether oxygens (including phenoxy) is 1. The first-order valence-electron chi connectivity index (χ1n) is 3.74. The Balaban J connectivity index is 4.00. The van der Waals surface area contributed by atoms with Gasteiger partial charge in [-0.1, -0.05) is 25.6 Å². The highest BCUT2D eigenvalue weighted by Gasteiger charge is 2.22. The molecular formula is C8H14O3S. The van der Waals surface area contributed by atoms with Crippen molar-refractivity contribution in [1.82, 2.24) is 0 Å². The molecule has 3 nitrogen and oxygen atoms in total. The molecule has 12 heavy (non-hydrogen) atoms. The Hall–Kier alpha value is -0.510. The predicted molar refractivity (Wildman–Crippen MR) is 48.9 cm³/mol. The Kier molecular flexibility index (Phi) is 4.97. The van der Waals surface area contributed by atoms with Crippen LogP contribution in [-0.4, -0.2) is 23.4 Å². The Labute approximate surface area is 76.9 Å². The summed E-state index contributed by atoms with van der Waals surface area (Å²) in [4.78, 5) is 21.7. The molecule has 0 aromatic rings. The monoisotopic (exact) mass is 190 g/mol. The van der Waals surface area contributed by atoms with Crippen LogP contribution in [0, 0.1) is 5.92 Å². The maximum absolute atomic E-state index is 11.0. The molecule has 2 atom stereocenters. The summed E-state index contributed by atoms with van der Waals surface area (Å²) >= 11 is 1.17. The second-order valence-corrected chi connectivity index (χ2v) is 4.18. The fraction of sp³-hybridized carbons (Fsp3) is 0.750. The van der Waals surface area contributed by atoms with Crippen molar-refractivity contribution < 1.29 is 14.3 Å². The number of carbonyl (C=O) groups excluding carboxylic acids is 2. The van der Waals surface area contributed by atoms with Crippen LogP contribution in [0.5, 0.6) is 0 Å². The van der Waals surface area contributed by atoms with Crippen LogP contribution < -0.4 is 0 Å². The average Bonchev–Trinajstić information content (AvgIpc) is 2.00. The molecule has 0 spiro atoms. The molecule has 4 heteroatoms. The molecule has 0 bridgehead atoms. The molecule has 0 aromatic carbocycles. The van der Waals surface area contributed by atoms with Crippen LogP contribution in [0.1, 0.15) is 20.8 Å². The van der Waals surface area contributed by atoms with E-state index in [0.717, 1.165) is 0 Å². The molecule has 0 saturated carbocycles. The quantitative estimate of drug-likeness (QED) is 0.632. The van der Waals surface area contributed by atoms with E-state index in [4.69, 9.17) is 0 Å². The first-order valence-corrected chi connectivity index (χ1v) is 4.62. The van der Waals surface area contributed by atoms with E-state index in [0.29, 0.717) is 0 Å². The van der Waals surface area contributed by atoms with Gasteiger partial charge >= 0.3 is 5.97 Å². The summed E-state index contributed by atoms with van der Waals surface area (Å²) in [6.45, 7) is 5.09. The van der Waals surface area contributed by atoms with Gasteiger partial charge in [0.15, 0.2) is 5.12 Å². The first kappa shape index (κ1) is 11.5. The van der Waals surface area contributed by atoms with E-state index in [2.05, 4.69) is 4.74 Å². The summed E-state index contributed by atoms with van der Waals surface area (Å²) in [6.07, 6.45) is 0. The van der Waals surface area contributed by atoms with Crippen LogP contribution in [0.4, 0.5) is 0 Å². The zero-order chi connectivity index (χ0) is 9.72. The van der Waals surface area contributed by atoms with Crippen molar-refractivity contribution in [3.05, 3.63) is 0 Å². The fourth-order valence-corrected chi connectivity index (χ4v) is 1.58. The standard InChI is InChI=1S/C8H14O3S/c1-5(8(10)11-4)6(2)12-7(3)9/h5-6H,1-4H3/t5-,6+/m0/s1. The molecule has 0 aliphatic heterocycles. The minimum Gasteiger partial charge on any atom is -0.469 e. The highest BCUT2D eigenvalue weighted by Crippen LogP contribution is 2.20. The van der Waals surface area contributed by atoms with Gasteiger partial charge in [0.25, 0.3) is 0 Å². The minimum atomic E-state index is -0.267. The number of esters is 1. The van der Waals surface area contributed by atoms with Gasteiger partial charge in [-0.3, -0.25) is 9.59 Å². The third-order valence-corrected chi connectivity index (χ3v) is 2.74. The van der Waals surface area contributed by atoms with Gasteiger partial charge in [-0.15, -0.1) is 0 Å². The van der Waals surface area contributed by atoms with Crippen LogP contribution >= 0.6 is 11.8 Å². The lowest BCUT2D eigenvalue weighted by Crippen LogP contribution is -2.22. The maximum atomic E-state index is 11.0. The van der Waals surface area contributed by atoms with Crippen molar-refractivity contribution in [1.29, 1.82) is 0 Å². The van der Waals surface area contributed by atoms with Gasteiger partial charge in [-0.2, -0.15) is 0 Å². The summed E-state index contributed by atoms with van der Waals surface area (Å²) in [6, 6.07) is 0. The van der Waals surface area contributed by atoms with E-state index >= 15 is 0 Å². The Morgan fingerprint density at radius 3 is 2.17 bits per heavy atom. The second-order valence-electron chi connectivity index (χ2n) is 2.63. The summed E-state index contributed by atoms with van der Waals surface area (Å²) in [5.41, 5.74) is 0. The number of carbonyl (C=O) groups is 2.